The van der Waals surface area contributed by atoms with Gasteiger partial charge in [0.05, 0.1) is 5.75 Å². The largest absolute Gasteiger partial charge is 0.330 e. The first-order valence-corrected chi connectivity index (χ1v) is 7.93. The minimum Gasteiger partial charge on any atom is -0.330 e. The average Bonchev–Trinajstić information content (AvgIpc) is 2.31. The molecule has 0 bridgehead atoms. The van der Waals surface area contributed by atoms with Gasteiger partial charge in [-0.3, -0.25) is 0 Å². The summed E-state index contributed by atoms with van der Waals surface area (Å²) in [6.45, 7) is 2.53. The Bertz CT molecular complexity index is 436. The minimum absolute atomic E-state index is 0.187. The molecule has 2 N–H and O–H groups in total. The Kier molecular flexibility index (Phi) is 4.71. The third kappa shape index (κ3) is 3.82. The van der Waals surface area contributed by atoms with Crippen LogP contribution in [0.25, 0.3) is 0 Å². The van der Waals surface area contributed by atoms with Crippen molar-refractivity contribution >= 4 is 9.84 Å². The quantitative estimate of drug-likeness (QED) is 0.842. The first kappa shape index (κ1) is 14.2. The average molecular weight is 255 g/mol. The van der Waals surface area contributed by atoms with Gasteiger partial charge in [0.15, 0.2) is 0 Å². The summed E-state index contributed by atoms with van der Waals surface area (Å²) in [6.07, 6.45) is 2.71. The van der Waals surface area contributed by atoms with Gasteiger partial charge < -0.3 is 5.73 Å². The predicted octanol–water partition coefficient (Wildman–Crippen LogP) is 1.73. The Hall–Kier alpha value is -0.870. The molecule has 1 rings (SSSR count). The molecule has 0 spiro atoms. The number of hydrogen-bond acceptors (Lipinski definition) is 3. The first-order valence-electron chi connectivity index (χ1n) is 5.87. The Balaban J connectivity index is 2.98. The number of rotatable bonds is 6. The zero-order chi connectivity index (χ0) is 12.9. The molecule has 0 aromatic heterocycles. The number of nitrogens with two attached hydrogens (primary N) is 1. The Morgan fingerprint density at radius 2 is 1.82 bits per heavy atom. The fraction of sp³-hybridized carbons (Fsp3) is 0.538. The summed E-state index contributed by atoms with van der Waals surface area (Å²) >= 11 is 0. The summed E-state index contributed by atoms with van der Waals surface area (Å²) in [4.78, 5) is 0. The zero-order valence-corrected chi connectivity index (χ0v) is 11.3. The summed E-state index contributed by atoms with van der Waals surface area (Å²) < 4.78 is 22.6. The van der Waals surface area contributed by atoms with E-state index in [4.69, 9.17) is 5.73 Å². The van der Waals surface area contributed by atoms with Gasteiger partial charge in [-0.15, -0.1) is 0 Å². The van der Waals surface area contributed by atoms with Gasteiger partial charge in [-0.1, -0.05) is 37.3 Å². The predicted molar refractivity (Wildman–Crippen MR) is 71.8 cm³/mol. The van der Waals surface area contributed by atoms with Crippen LogP contribution < -0.4 is 5.73 Å². The second kappa shape index (κ2) is 5.65. The summed E-state index contributed by atoms with van der Waals surface area (Å²) in [5.41, 5.74) is 6.80. The van der Waals surface area contributed by atoms with Crippen LogP contribution in [0, 0.1) is 0 Å². The maximum Gasteiger partial charge on any atom is 0.147 e. The molecule has 0 aliphatic heterocycles. The van der Waals surface area contributed by atoms with Crippen molar-refractivity contribution in [3.05, 3.63) is 35.9 Å². The summed E-state index contributed by atoms with van der Waals surface area (Å²) in [5.74, 6) is 0.187. The van der Waals surface area contributed by atoms with Gasteiger partial charge in [-0.25, -0.2) is 8.42 Å². The molecule has 0 amide bonds. The van der Waals surface area contributed by atoms with Crippen LogP contribution in [0.15, 0.2) is 30.3 Å². The highest BCUT2D eigenvalue weighted by Crippen LogP contribution is 2.30. The maximum atomic E-state index is 11.3. The van der Waals surface area contributed by atoms with Crippen LogP contribution >= 0.6 is 0 Å². The molecule has 96 valence electrons. The number of benzene rings is 1. The van der Waals surface area contributed by atoms with Gasteiger partial charge in [0.2, 0.25) is 0 Å². The molecule has 1 atom stereocenters. The van der Waals surface area contributed by atoms with Crippen molar-refractivity contribution in [1.82, 2.24) is 0 Å². The molecule has 0 aliphatic rings. The van der Waals surface area contributed by atoms with E-state index in [-0.39, 0.29) is 11.2 Å². The number of hydrogen-bond donors (Lipinski definition) is 1. The van der Waals surface area contributed by atoms with Crippen LogP contribution in [-0.4, -0.2) is 27.0 Å². The van der Waals surface area contributed by atoms with Crippen molar-refractivity contribution in [2.24, 2.45) is 5.73 Å². The molecule has 0 saturated carbocycles. The lowest BCUT2D eigenvalue weighted by Gasteiger charge is -2.32. The van der Waals surface area contributed by atoms with Crippen molar-refractivity contribution in [1.29, 1.82) is 0 Å². The lowest BCUT2D eigenvalue weighted by Crippen LogP contribution is -2.36. The molecule has 0 heterocycles. The maximum absolute atomic E-state index is 11.3. The van der Waals surface area contributed by atoms with Gasteiger partial charge in [-0.05, 0) is 18.4 Å². The van der Waals surface area contributed by atoms with Crippen molar-refractivity contribution in [3.8, 4) is 0 Å². The topological polar surface area (TPSA) is 60.2 Å². The van der Waals surface area contributed by atoms with Crippen LogP contribution in [0.5, 0.6) is 0 Å². The molecule has 4 heteroatoms. The molecule has 17 heavy (non-hydrogen) atoms. The third-order valence-corrected chi connectivity index (χ3v) is 4.35. The highest BCUT2D eigenvalue weighted by Gasteiger charge is 2.29. The summed E-state index contributed by atoms with van der Waals surface area (Å²) in [5, 5.41) is 0. The van der Waals surface area contributed by atoms with E-state index >= 15 is 0 Å². The molecule has 1 aromatic carbocycles. The van der Waals surface area contributed by atoms with Gasteiger partial charge in [-0.2, -0.15) is 0 Å². The van der Waals surface area contributed by atoms with Crippen LogP contribution in [-0.2, 0) is 15.3 Å². The Morgan fingerprint density at radius 1 is 1.24 bits per heavy atom. The van der Waals surface area contributed by atoms with Crippen LogP contribution in [0.3, 0.4) is 0 Å². The van der Waals surface area contributed by atoms with E-state index in [1.807, 2.05) is 30.3 Å². The first-order chi connectivity index (χ1) is 7.93. The molecule has 3 nitrogen and oxygen atoms in total. The van der Waals surface area contributed by atoms with E-state index in [2.05, 4.69) is 6.92 Å². The van der Waals surface area contributed by atoms with Crippen molar-refractivity contribution in [3.63, 3.8) is 0 Å². The van der Waals surface area contributed by atoms with Gasteiger partial charge in [0.1, 0.15) is 9.84 Å². The van der Waals surface area contributed by atoms with E-state index in [1.54, 1.807) is 0 Å². The SMILES string of the molecule is CCC(CN)(CCS(C)(=O)=O)c1ccccc1. The molecule has 0 aliphatic carbocycles. The van der Waals surface area contributed by atoms with Gasteiger partial charge in [0, 0.05) is 18.2 Å². The van der Waals surface area contributed by atoms with E-state index in [1.165, 1.54) is 6.26 Å². The summed E-state index contributed by atoms with van der Waals surface area (Å²) in [6, 6.07) is 9.94. The van der Waals surface area contributed by atoms with Crippen LogP contribution in [0.2, 0.25) is 0 Å². The zero-order valence-electron chi connectivity index (χ0n) is 10.5. The normalized spacial score (nSPS) is 15.5. The highest BCUT2D eigenvalue weighted by molar-refractivity contribution is 7.90. The van der Waals surface area contributed by atoms with Crippen molar-refractivity contribution in [2.45, 2.75) is 25.2 Å². The van der Waals surface area contributed by atoms with Gasteiger partial charge in [0.25, 0.3) is 0 Å². The molecular weight excluding hydrogens is 234 g/mol. The highest BCUT2D eigenvalue weighted by atomic mass is 32.2. The van der Waals surface area contributed by atoms with E-state index in [0.717, 1.165) is 12.0 Å². The fourth-order valence-corrected chi connectivity index (χ4v) is 2.82. The minimum atomic E-state index is -2.94. The van der Waals surface area contributed by atoms with E-state index < -0.39 is 9.84 Å². The monoisotopic (exact) mass is 255 g/mol. The Labute approximate surface area is 104 Å². The molecule has 0 saturated heterocycles. The van der Waals surface area contributed by atoms with Crippen molar-refractivity contribution in [2.75, 3.05) is 18.6 Å². The standard InChI is InChI=1S/C13H21NO2S/c1-3-13(11-14,9-10-17(2,15)16)12-7-5-4-6-8-12/h4-8H,3,9-11,14H2,1-2H3. The molecule has 1 unspecified atom stereocenters. The summed E-state index contributed by atoms with van der Waals surface area (Å²) in [7, 11) is -2.94. The smallest absolute Gasteiger partial charge is 0.147 e. The van der Waals surface area contributed by atoms with Crippen LogP contribution in [0.4, 0.5) is 0 Å². The lowest BCUT2D eigenvalue weighted by molar-refractivity contribution is 0.406. The third-order valence-electron chi connectivity index (χ3n) is 3.41. The van der Waals surface area contributed by atoms with E-state index in [0.29, 0.717) is 13.0 Å². The molecule has 0 fully saturated rings. The Morgan fingerprint density at radius 3 is 2.24 bits per heavy atom. The van der Waals surface area contributed by atoms with Gasteiger partial charge >= 0.3 is 0 Å². The van der Waals surface area contributed by atoms with Crippen LogP contribution in [0.1, 0.15) is 25.3 Å². The number of sulfone groups is 1. The second-order valence-electron chi connectivity index (χ2n) is 4.58. The lowest BCUT2D eigenvalue weighted by atomic mass is 9.76. The molecule has 1 aromatic rings. The van der Waals surface area contributed by atoms with Crippen molar-refractivity contribution < 1.29 is 8.42 Å². The fourth-order valence-electron chi connectivity index (χ4n) is 2.06. The molecular formula is C13H21NO2S. The molecule has 0 radical (unpaired) electrons. The second-order valence-corrected chi connectivity index (χ2v) is 6.84. The van der Waals surface area contributed by atoms with E-state index in [9.17, 15) is 8.42 Å².